The van der Waals surface area contributed by atoms with E-state index in [1.54, 1.807) is 16.7 Å². The van der Waals surface area contributed by atoms with Gasteiger partial charge in [-0.05, 0) is 11.6 Å². The Bertz CT molecular complexity index is 523. The summed E-state index contributed by atoms with van der Waals surface area (Å²) in [5.74, 6) is 0.278. The van der Waals surface area contributed by atoms with Gasteiger partial charge >= 0.3 is 0 Å². The number of nitrogens with one attached hydrogen (secondary N) is 1. The average Bonchev–Trinajstić information content (AvgIpc) is 2.52. The molecule has 2 amide bonds. The molecule has 2 rings (SSSR count). The fraction of sp³-hybridized carbons (Fsp3) is 0.467. The maximum Gasteiger partial charge on any atom is 0.244 e. The normalized spacial score (nSPS) is 15.3. The number of anilines is 1. The Morgan fingerprint density at radius 2 is 2.00 bits per heavy atom. The van der Waals surface area contributed by atoms with E-state index in [1.807, 2.05) is 24.3 Å². The van der Waals surface area contributed by atoms with Crippen LogP contribution in [-0.2, 0) is 16.1 Å². The number of thioether (sulfide) groups is 1. The second kappa shape index (κ2) is 5.87. The van der Waals surface area contributed by atoms with Crippen molar-refractivity contribution in [3.8, 4) is 0 Å². The molecule has 0 saturated heterocycles. The van der Waals surface area contributed by atoms with E-state index < -0.39 is 0 Å². The van der Waals surface area contributed by atoms with Crippen molar-refractivity contribution in [3.05, 3.63) is 29.8 Å². The molecule has 1 heterocycles. The number of hydrogen-bond donors (Lipinski definition) is 1. The van der Waals surface area contributed by atoms with Gasteiger partial charge in [0.1, 0.15) is 6.54 Å². The SMILES string of the molecule is CC(C)(C)SCC(=O)N1CC(=O)Nc2ccccc2C1. The van der Waals surface area contributed by atoms with Crippen LogP contribution in [0.5, 0.6) is 0 Å². The molecule has 0 saturated carbocycles. The molecule has 0 bridgehead atoms. The molecule has 0 unspecified atom stereocenters. The Balaban J connectivity index is 2.09. The first kappa shape index (κ1) is 14.9. The number of nitrogens with zero attached hydrogens (tertiary/aromatic N) is 1. The lowest BCUT2D eigenvalue weighted by atomic mass is 10.2. The second-order valence-corrected chi connectivity index (χ2v) is 7.66. The molecular formula is C15H20N2O2S. The van der Waals surface area contributed by atoms with E-state index in [4.69, 9.17) is 0 Å². The smallest absolute Gasteiger partial charge is 0.244 e. The zero-order chi connectivity index (χ0) is 14.8. The van der Waals surface area contributed by atoms with E-state index in [-0.39, 0.29) is 23.1 Å². The van der Waals surface area contributed by atoms with Gasteiger partial charge in [0.05, 0.1) is 5.75 Å². The lowest BCUT2D eigenvalue weighted by molar-refractivity contribution is -0.132. The first-order valence-corrected chi connectivity index (χ1v) is 7.63. The largest absolute Gasteiger partial charge is 0.328 e. The van der Waals surface area contributed by atoms with Gasteiger partial charge in [-0.3, -0.25) is 9.59 Å². The molecule has 5 heteroatoms. The van der Waals surface area contributed by atoms with Crippen LogP contribution in [0.15, 0.2) is 24.3 Å². The van der Waals surface area contributed by atoms with Crippen molar-refractivity contribution in [2.75, 3.05) is 17.6 Å². The van der Waals surface area contributed by atoms with Crippen LogP contribution in [0.3, 0.4) is 0 Å². The lowest BCUT2D eigenvalue weighted by Crippen LogP contribution is -2.37. The fourth-order valence-corrected chi connectivity index (χ4v) is 2.69. The van der Waals surface area contributed by atoms with Crippen LogP contribution in [0.25, 0.3) is 0 Å². The molecule has 1 aliphatic rings. The maximum atomic E-state index is 12.3. The molecule has 0 aliphatic carbocycles. The van der Waals surface area contributed by atoms with Crippen molar-refractivity contribution in [1.29, 1.82) is 0 Å². The van der Waals surface area contributed by atoms with Crippen LogP contribution in [0.1, 0.15) is 26.3 Å². The van der Waals surface area contributed by atoms with E-state index in [1.165, 1.54) is 0 Å². The quantitative estimate of drug-likeness (QED) is 0.911. The van der Waals surface area contributed by atoms with Crippen molar-refractivity contribution in [1.82, 2.24) is 4.90 Å². The first-order valence-electron chi connectivity index (χ1n) is 6.65. The van der Waals surface area contributed by atoms with Crippen LogP contribution < -0.4 is 5.32 Å². The molecule has 4 nitrogen and oxygen atoms in total. The van der Waals surface area contributed by atoms with Crippen LogP contribution in [0, 0.1) is 0 Å². The number of carbonyl (C=O) groups is 2. The van der Waals surface area contributed by atoms with E-state index >= 15 is 0 Å². The van der Waals surface area contributed by atoms with Crippen LogP contribution >= 0.6 is 11.8 Å². The number of para-hydroxylation sites is 1. The monoisotopic (exact) mass is 292 g/mol. The van der Waals surface area contributed by atoms with Gasteiger partial charge in [0.15, 0.2) is 0 Å². The van der Waals surface area contributed by atoms with Crippen molar-refractivity contribution in [2.45, 2.75) is 32.1 Å². The highest BCUT2D eigenvalue weighted by Crippen LogP contribution is 2.25. The molecule has 0 spiro atoms. The Hall–Kier alpha value is -1.49. The molecule has 0 atom stereocenters. The Labute approximate surface area is 123 Å². The van der Waals surface area contributed by atoms with E-state index in [9.17, 15) is 9.59 Å². The molecule has 108 valence electrons. The second-order valence-electron chi connectivity index (χ2n) is 5.86. The average molecular weight is 292 g/mol. The van der Waals surface area contributed by atoms with Crippen LogP contribution in [0.4, 0.5) is 5.69 Å². The van der Waals surface area contributed by atoms with Gasteiger partial charge in [0.25, 0.3) is 0 Å². The van der Waals surface area contributed by atoms with E-state index in [0.29, 0.717) is 12.3 Å². The summed E-state index contributed by atoms with van der Waals surface area (Å²) in [5, 5.41) is 2.84. The fourth-order valence-electron chi connectivity index (χ4n) is 1.95. The molecule has 20 heavy (non-hydrogen) atoms. The molecule has 1 N–H and O–H groups in total. The summed E-state index contributed by atoms with van der Waals surface area (Å²) < 4.78 is 0.0433. The number of benzene rings is 1. The number of amides is 2. The molecular weight excluding hydrogens is 272 g/mol. The number of fused-ring (bicyclic) bond motifs is 1. The lowest BCUT2D eigenvalue weighted by Gasteiger charge is -2.22. The molecule has 1 aliphatic heterocycles. The summed E-state index contributed by atoms with van der Waals surface area (Å²) in [6.45, 7) is 6.84. The van der Waals surface area contributed by atoms with Crippen molar-refractivity contribution in [3.63, 3.8) is 0 Å². The third-order valence-corrected chi connectivity index (χ3v) is 4.23. The molecule has 1 aromatic rings. The summed E-state index contributed by atoms with van der Waals surface area (Å²) in [5.41, 5.74) is 1.78. The van der Waals surface area contributed by atoms with Crippen molar-refractivity contribution in [2.24, 2.45) is 0 Å². The van der Waals surface area contributed by atoms with Gasteiger partial charge < -0.3 is 10.2 Å². The molecule has 0 aromatic heterocycles. The van der Waals surface area contributed by atoms with Gasteiger partial charge in [-0.2, -0.15) is 0 Å². The van der Waals surface area contributed by atoms with E-state index in [0.717, 1.165) is 11.3 Å². The minimum atomic E-state index is -0.135. The highest BCUT2D eigenvalue weighted by molar-refractivity contribution is 8.01. The predicted octanol–water partition coefficient (Wildman–Crippen LogP) is 2.50. The number of rotatable bonds is 2. The van der Waals surface area contributed by atoms with Crippen LogP contribution in [-0.4, -0.2) is 33.8 Å². The highest BCUT2D eigenvalue weighted by atomic mass is 32.2. The summed E-state index contributed by atoms with van der Waals surface area (Å²) in [6.07, 6.45) is 0. The number of carbonyl (C=O) groups excluding carboxylic acids is 2. The third kappa shape index (κ3) is 4.00. The van der Waals surface area contributed by atoms with E-state index in [2.05, 4.69) is 26.1 Å². The summed E-state index contributed by atoms with van der Waals surface area (Å²) in [6, 6.07) is 7.61. The first-order chi connectivity index (χ1) is 9.35. The summed E-state index contributed by atoms with van der Waals surface area (Å²) in [7, 11) is 0. The summed E-state index contributed by atoms with van der Waals surface area (Å²) >= 11 is 1.60. The standard InChI is InChI=1S/C15H20N2O2S/c1-15(2,3)20-10-14(19)17-8-11-6-4-5-7-12(11)16-13(18)9-17/h4-7H,8-10H2,1-3H3,(H,16,18). The predicted molar refractivity (Wildman–Crippen MR) is 82.7 cm³/mol. The molecule has 0 radical (unpaired) electrons. The minimum absolute atomic E-state index is 0.0109. The molecule has 1 aromatic carbocycles. The van der Waals surface area contributed by atoms with Crippen molar-refractivity contribution < 1.29 is 9.59 Å². The Kier molecular flexibility index (Phi) is 4.38. The van der Waals surface area contributed by atoms with Gasteiger partial charge in [-0.15, -0.1) is 11.8 Å². The maximum absolute atomic E-state index is 12.3. The van der Waals surface area contributed by atoms with Crippen molar-refractivity contribution >= 4 is 29.3 Å². The zero-order valence-corrected chi connectivity index (χ0v) is 12.9. The highest BCUT2D eigenvalue weighted by Gasteiger charge is 2.24. The Morgan fingerprint density at radius 1 is 1.30 bits per heavy atom. The van der Waals surface area contributed by atoms with Gasteiger partial charge in [-0.1, -0.05) is 39.0 Å². The summed E-state index contributed by atoms with van der Waals surface area (Å²) in [4.78, 5) is 25.8. The minimum Gasteiger partial charge on any atom is -0.328 e. The Morgan fingerprint density at radius 3 is 2.70 bits per heavy atom. The topological polar surface area (TPSA) is 49.4 Å². The third-order valence-electron chi connectivity index (χ3n) is 2.97. The molecule has 0 fully saturated rings. The van der Waals surface area contributed by atoms with Gasteiger partial charge in [0, 0.05) is 17.0 Å². The zero-order valence-electron chi connectivity index (χ0n) is 12.1. The van der Waals surface area contributed by atoms with Crippen LogP contribution in [0.2, 0.25) is 0 Å². The number of hydrogen-bond acceptors (Lipinski definition) is 3. The van der Waals surface area contributed by atoms with Gasteiger partial charge in [-0.25, -0.2) is 0 Å². The van der Waals surface area contributed by atoms with Gasteiger partial charge in [0.2, 0.25) is 11.8 Å².